The summed E-state index contributed by atoms with van der Waals surface area (Å²) in [4.78, 5) is 39.0. The minimum absolute atomic E-state index is 0.0186. The SMILES string of the molecule is CCOC(=O)c1nn(-c2ccc(C)c(C)c2)c(=O)c2c(NC(=O)c3ccc(Br)cc3)scc12. The summed E-state index contributed by atoms with van der Waals surface area (Å²) in [5, 5.41) is 9.68. The summed E-state index contributed by atoms with van der Waals surface area (Å²) < 4.78 is 7.21. The van der Waals surface area contributed by atoms with E-state index in [1.807, 2.05) is 26.0 Å². The molecule has 4 aromatic rings. The molecular formula is C24H20BrN3O4S. The molecule has 9 heteroatoms. The first-order valence-corrected chi connectivity index (χ1v) is 11.8. The highest BCUT2D eigenvalue weighted by Crippen LogP contribution is 2.31. The van der Waals surface area contributed by atoms with Crippen molar-refractivity contribution in [3.05, 3.63) is 85.1 Å². The Labute approximate surface area is 202 Å². The van der Waals surface area contributed by atoms with Crippen LogP contribution in [0.2, 0.25) is 0 Å². The third kappa shape index (κ3) is 4.46. The molecule has 2 aromatic heterocycles. The first-order chi connectivity index (χ1) is 15.8. The Morgan fingerprint density at radius 3 is 2.52 bits per heavy atom. The van der Waals surface area contributed by atoms with E-state index in [1.165, 1.54) is 4.68 Å². The Morgan fingerprint density at radius 2 is 1.85 bits per heavy atom. The second-order valence-corrected chi connectivity index (χ2v) is 9.16. The standard InChI is InChI=1S/C24H20BrN3O4S/c1-4-32-24(31)20-18-12-33-22(26-21(29)15-6-8-16(25)9-7-15)19(18)23(30)28(27-20)17-10-5-13(2)14(3)11-17/h5-12H,4H2,1-3H3,(H,26,29). The van der Waals surface area contributed by atoms with Gasteiger partial charge in [-0.05, 0) is 68.3 Å². The van der Waals surface area contributed by atoms with Gasteiger partial charge in [-0.1, -0.05) is 22.0 Å². The number of halogens is 1. The third-order valence-electron chi connectivity index (χ3n) is 5.19. The topological polar surface area (TPSA) is 90.3 Å². The number of carbonyl (C=O) groups is 2. The monoisotopic (exact) mass is 525 g/mol. The number of carbonyl (C=O) groups excluding carboxylic acids is 2. The zero-order valence-electron chi connectivity index (χ0n) is 18.1. The largest absolute Gasteiger partial charge is 0.461 e. The highest BCUT2D eigenvalue weighted by Gasteiger charge is 2.23. The Bertz CT molecular complexity index is 1440. The van der Waals surface area contributed by atoms with E-state index in [2.05, 4.69) is 26.3 Å². The lowest BCUT2D eigenvalue weighted by atomic mass is 10.1. The van der Waals surface area contributed by atoms with Gasteiger partial charge in [-0.25, -0.2) is 4.79 Å². The van der Waals surface area contributed by atoms with Gasteiger partial charge in [-0.2, -0.15) is 9.78 Å². The molecule has 0 aliphatic carbocycles. The number of amides is 1. The zero-order chi connectivity index (χ0) is 23.7. The van der Waals surface area contributed by atoms with Crippen molar-refractivity contribution >= 4 is 54.9 Å². The first-order valence-electron chi connectivity index (χ1n) is 10.2. The van der Waals surface area contributed by atoms with Crippen LogP contribution in [0.4, 0.5) is 5.00 Å². The molecule has 33 heavy (non-hydrogen) atoms. The highest BCUT2D eigenvalue weighted by molar-refractivity contribution is 9.10. The molecule has 1 N–H and O–H groups in total. The molecule has 0 aliphatic rings. The van der Waals surface area contributed by atoms with Crippen LogP contribution in [0.15, 0.2) is 57.1 Å². The molecule has 2 aromatic carbocycles. The molecular weight excluding hydrogens is 506 g/mol. The average molecular weight is 526 g/mol. The van der Waals surface area contributed by atoms with E-state index in [0.717, 1.165) is 26.9 Å². The van der Waals surface area contributed by atoms with Gasteiger partial charge >= 0.3 is 5.97 Å². The van der Waals surface area contributed by atoms with Crippen LogP contribution in [0.3, 0.4) is 0 Å². The van der Waals surface area contributed by atoms with E-state index < -0.39 is 11.5 Å². The van der Waals surface area contributed by atoms with Crippen LogP contribution in [0.5, 0.6) is 0 Å². The van der Waals surface area contributed by atoms with E-state index in [0.29, 0.717) is 21.6 Å². The van der Waals surface area contributed by atoms with Gasteiger partial charge in [-0.15, -0.1) is 11.3 Å². The highest BCUT2D eigenvalue weighted by atomic mass is 79.9. The number of aromatic nitrogens is 2. The van der Waals surface area contributed by atoms with Crippen LogP contribution in [-0.4, -0.2) is 28.3 Å². The molecule has 0 spiro atoms. The molecule has 0 atom stereocenters. The van der Waals surface area contributed by atoms with Crippen LogP contribution < -0.4 is 10.9 Å². The van der Waals surface area contributed by atoms with Crippen LogP contribution in [0, 0.1) is 13.8 Å². The third-order valence-corrected chi connectivity index (χ3v) is 6.61. The predicted molar refractivity (Wildman–Crippen MR) is 133 cm³/mol. The minimum Gasteiger partial charge on any atom is -0.461 e. The quantitative estimate of drug-likeness (QED) is 0.359. The van der Waals surface area contributed by atoms with E-state index in [1.54, 1.807) is 42.6 Å². The average Bonchev–Trinajstić information content (AvgIpc) is 3.20. The maximum atomic E-state index is 13.5. The second kappa shape index (κ2) is 9.29. The molecule has 0 unspecified atom stereocenters. The first kappa shape index (κ1) is 22.9. The molecule has 0 fully saturated rings. The zero-order valence-corrected chi connectivity index (χ0v) is 20.5. The van der Waals surface area contributed by atoms with Gasteiger partial charge in [-0.3, -0.25) is 9.59 Å². The van der Waals surface area contributed by atoms with Gasteiger partial charge in [0.05, 0.1) is 17.7 Å². The summed E-state index contributed by atoms with van der Waals surface area (Å²) in [6, 6.07) is 12.4. The van der Waals surface area contributed by atoms with Crippen molar-refractivity contribution in [3.8, 4) is 5.69 Å². The van der Waals surface area contributed by atoms with Crippen LogP contribution in [0.25, 0.3) is 16.5 Å². The molecule has 0 aliphatic heterocycles. The molecule has 4 rings (SSSR count). The molecule has 2 heterocycles. The lowest BCUT2D eigenvalue weighted by Crippen LogP contribution is -2.25. The summed E-state index contributed by atoms with van der Waals surface area (Å²) >= 11 is 4.51. The van der Waals surface area contributed by atoms with E-state index >= 15 is 0 Å². The van der Waals surface area contributed by atoms with Crippen molar-refractivity contribution < 1.29 is 14.3 Å². The number of nitrogens with zero attached hydrogens (tertiary/aromatic N) is 2. The number of thiophene rings is 1. The Balaban J connectivity index is 1.89. The minimum atomic E-state index is -0.635. The molecule has 0 radical (unpaired) electrons. The number of ether oxygens (including phenoxy) is 1. The smallest absolute Gasteiger partial charge is 0.359 e. The lowest BCUT2D eigenvalue weighted by molar-refractivity contribution is 0.0520. The Kier molecular flexibility index (Phi) is 6.44. The van der Waals surface area contributed by atoms with Gasteiger partial charge in [0.2, 0.25) is 0 Å². The van der Waals surface area contributed by atoms with E-state index in [4.69, 9.17) is 4.74 Å². The van der Waals surface area contributed by atoms with Crippen molar-refractivity contribution in [3.63, 3.8) is 0 Å². The molecule has 168 valence electrons. The summed E-state index contributed by atoms with van der Waals surface area (Å²) in [5.41, 5.74) is 2.59. The van der Waals surface area contributed by atoms with Gasteiger partial charge in [0, 0.05) is 20.8 Å². The lowest BCUT2D eigenvalue weighted by Gasteiger charge is -2.11. The van der Waals surface area contributed by atoms with Gasteiger partial charge < -0.3 is 10.1 Å². The summed E-state index contributed by atoms with van der Waals surface area (Å²) in [6.45, 7) is 5.77. The number of hydrogen-bond acceptors (Lipinski definition) is 6. The predicted octanol–water partition coefficient (Wildman–Crippen LogP) is 5.26. The summed E-state index contributed by atoms with van der Waals surface area (Å²) in [7, 11) is 0. The number of hydrogen-bond donors (Lipinski definition) is 1. The molecule has 7 nitrogen and oxygen atoms in total. The van der Waals surface area contributed by atoms with Crippen molar-refractivity contribution in [2.24, 2.45) is 0 Å². The van der Waals surface area contributed by atoms with Gasteiger partial charge in [0.15, 0.2) is 5.69 Å². The van der Waals surface area contributed by atoms with Crippen molar-refractivity contribution in [2.75, 3.05) is 11.9 Å². The van der Waals surface area contributed by atoms with Crippen LogP contribution in [-0.2, 0) is 4.74 Å². The number of anilines is 1. The van der Waals surface area contributed by atoms with Crippen LogP contribution >= 0.6 is 27.3 Å². The number of rotatable bonds is 5. The second-order valence-electron chi connectivity index (χ2n) is 7.37. The molecule has 0 saturated heterocycles. The van der Waals surface area contributed by atoms with Crippen molar-refractivity contribution in [1.29, 1.82) is 0 Å². The maximum Gasteiger partial charge on any atom is 0.359 e. The fourth-order valence-electron chi connectivity index (χ4n) is 3.30. The summed E-state index contributed by atoms with van der Waals surface area (Å²) in [5.74, 6) is -0.999. The van der Waals surface area contributed by atoms with Crippen molar-refractivity contribution in [1.82, 2.24) is 9.78 Å². The fourth-order valence-corrected chi connectivity index (χ4v) is 4.50. The molecule has 1 amide bonds. The number of esters is 1. The maximum absolute atomic E-state index is 13.5. The summed E-state index contributed by atoms with van der Waals surface area (Å²) in [6.07, 6.45) is 0. The van der Waals surface area contributed by atoms with Crippen LogP contribution in [0.1, 0.15) is 38.9 Å². The Hall–Kier alpha value is -3.30. The normalized spacial score (nSPS) is 10.9. The number of nitrogens with one attached hydrogen (secondary N) is 1. The van der Waals surface area contributed by atoms with Gasteiger partial charge in [0.25, 0.3) is 11.5 Å². The molecule has 0 saturated carbocycles. The van der Waals surface area contributed by atoms with E-state index in [9.17, 15) is 14.4 Å². The molecule has 0 bridgehead atoms. The number of benzene rings is 2. The number of aryl methyl sites for hydroxylation is 2. The van der Waals surface area contributed by atoms with Gasteiger partial charge in [0.1, 0.15) is 5.00 Å². The Morgan fingerprint density at radius 1 is 1.12 bits per heavy atom. The number of fused-ring (bicyclic) bond motifs is 1. The van der Waals surface area contributed by atoms with E-state index in [-0.39, 0.29) is 23.6 Å². The van der Waals surface area contributed by atoms with Crippen molar-refractivity contribution in [2.45, 2.75) is 20.8 Å². The fraction of sp³-hybridized carbons (Fsp3) is 0.167.